The first-order valence-corrected chi connectivity index (χ1v) is 7.78. The van der Waals surface area contributed by atoms with Crippen LogP contribution >= 0.6 is 0 Å². The third kappa shape index (κ3) is 2.74. The lowest BCUT2D eigenvalue weighted by Gasteiger charge is -2.30. The van der Waals surface area contributed by atoms with Gasteiger partial charge in [-0.25, -0.2) is 17.1 Å². The highest BCUT2D eigenvalue weighted by atomic mass is 32.2. The second-order valence-corrected chi connectivity index (χ2v) is 7.23. The van der Waals surface area contributed by atoms with Crippen LogP contribution in [-0.2, 0) is 10.0 Å². The molecule has 1 aromatic rings. The van der Waals surface area contributed by atoms with Gasteiger partial charge in [-0.1, -0.05) is 6.42 Å². The summed E-state index contributed by atoms with van der Waals surface area (Å²) in [4.78, 5) is 0.0909. The zero-order valence-corrected chi connectivity index (χ0v) is 12.0. The van der Waals surface area contributed by atoms with Crippen molar-refractivity contribution < 1.29 is 12.8 Å². The minimum absolute atomic E-state index is 0.0909. The van der Waals surface area contributed by atoms with Crippen molar-refractivity contribution in [2.24, 2.45) is 5.92 Å². The van der Waals surface area contributed by atoms with Crippen LogP contribution in [0.15, 0.2) is 17.0 Å². The first-order chi connectivity index (χ1) is 8.82. The predicted octanol–water partition coefficient (Wildman–Crippen LogP) is 2.14. The molecular weight excluding hydrogens is 267 g/mol. The Morgan fingerprint density at radius 1 is 1.42 bits per heavy atom. The number of sulfonamides is 1. The lowest BCUT2D eigenvalue weighted by Crippen LogP contribution is -2.34. The molecule has 0 spiro atoms. The fourth-order valence-electron chi connectivity index (χ4n) is 2.25. The fraction of sp³-hybridized carbons (Fsp3) is 0.538. The van der Waals surface area contributed by atoms with E-state index in [-0.39, 0.29) is 10.6 Å². The van der Waals surface area contributed by atoms with Crippen LogP contribution in [0, 0.1) is 18.7 Å². The van der Waals surface area contributed by atoms with Crippen molar-refractivity contribution in [3.8, 4) is 0 Å². The van der Waals surface area contributed by atoms with E-state index in [1.807, 2.05) is 0 Å². The molecule has 0 heterocycles. The second kappa shape index (κ2) is 5.09. The van der Waals surface area contributed by atoms with Gasteiger partial charge >= 0.3 is 0 Å². The molecule has 1 aliphatic rings. The summed E-state index contributed by atoms with van der Waals surface area (Å²) in [6.07, 6.45) is 3.32. The summed E-state index contributed by atoms with van der Waals surface area (Å²) in [6.45, 7) is 2.09. The number of nitrogen functional groups attached to an aromatic ring is 1. The van der Waals surface area contributed by atoms with Crippen LogP contribution < -0.4 is 5.73 Å². The van der Waals surface area contributed by atoms with E-state index >= 15 is 0 Å². The van der Waals surface area contributed by atoms with E-state index < -0.39 is 15.8 Å². The Labute approximate surface area is 113 Å². The molecule has 0 amide bonds. The third-order valence-electron chi connectivity index (χ3n) is 3.72. The molecule has 0 atom stereocenters. The summed E-state index contributed by atoms with van der Waals surface area (Å²) < 4.78 is 39.5. The number of hydrogen-bond acceptors (Lipinski definition) is 3. The molecule has 0 aromatic heterocycles. The molecule has 19 heavy (non-hydrogen) atoms. The van der Waals surface area contributed by atoms with E-state index in [4.69, 9.17) is 5.73 Å². The van der Waals surface area contributed by atoms with E-state index in [9.17, 15) is 12.8 Å². The average molecular weight is 286 g/mol. The number of hydrogen-bond donors (Lipinski definition) is 1. The zero-order valence-electron chi connectivity index (χ0n) is 11.2. The van der Waals surface area contributed by atoms with Gasteiger partial charge < -0.3 is 5.73 Å². The Hall–Kier alpha value is -1.14. The monoisotopic (exact) mass is 286 g/mol. The molecule has 106 valence electrons. The normalized spacial score (nSPS) is 16.6. The van der Waals surface area contributed by atoms with Gasteiger partial charge in [-0.3, -0.25) is 0 Å². The van der Waals surface area contributed by atoms with Crippen molar-refractivity contribution in [3.05, 3.63) is 23.5 Å². The zero-order chi connectivity index (χ0) is 14.2. The number of nitrogens with two attached hydrogens (primary N) is 1. The van der Waals surface area contributed by atoms with Crippen LogP contribution in [0.1, 0.15) is 24.8 Å². The van der Waals surface area contributed by atoms with Crippen LogP contribution in [-0.4, -0.2) is 26.3 Å². The van der Waals surface area contributed by atoms with Crippen LogP contribution in [0.5, 0.6) is 0 Å². The highest BCUT2D eigenvalue weighted by Crippen LogP contribution is 2.30. The Balaban J connectivity index is 2.30. The van der Waals surface area contributed by atoms with E-state index in [1.165, 1.54) is 22.9 Å². The third-order valence-corrected chi connectivity index (χ3v) is 5.69. The van der Waals surface area contributed by atoms with Crippen molar-refractivity contribution in [2.45, 2.75) is 31.1 Å². The van der Waals surface area contributed by atoms with Crippen LogP contribution in [0.3, 0.4) is 0 Å². The van der Waals surface area contributed by atoms with E-state index in [0.717, 1.165) is 12.8 Å². The lowest BCUT2D eigenvalue weighted by molar-refractivity contribution is 0.263. The van der Waals surface area contributed by atoms with Gasteiger partial charge in [0.15, 0.2) is 0 Å². The summed E-state index contributed by atoms with van der Waals surface area (Å²) in [7, 11) is -2.03. The highest BCUT2D eigenvalue weighted by molar-refractivity contribution is 7.89. The average Bonchev–Trinajstić information content (AvgIpc) is 2.27. The molecule has 0 aliphatic heterocycles. The maximum atomic E-state index is 13.3. The van der Waals surface area contributed by atoms with Crippen LogP contribution in [0.4, 0.5) is 10.1 Å². The highest BCUT2D eigenvalue weighted by Gasteiger charge is 2.28. The second-order valence-electron chi connectivity index (χ2n) is 5.22. The molecule has 0 unspecified atom stereocenters. The Bertz CT molecular complexity index is 583. The smallest absolute Gasteiger partial charge is 0.243 e. The largest absolute Gasteiger partial charge is 0.396 e. The Morgan fingerprint density at radius 2 is 2.05 bits per heavy atom. The lowest BCUT2D eigenvalue weighted by atomic mass is 9.86. The minimum atomic E-state index is -3.59. The van der Waals surface area contributed by atoms with Gasteiger partial charge in [0.25, 0.3) is 0 Å². The number of nitrogens with zero attached hydrogens (tertiary/aromatic N) is 1. The van der Waals surface area contributed by atoms with E-state index in [1.54, 1.807) is 14.0 Å². The molecule has 4 nitrogen and oxygen atoms in total. The van der Waals surface area contributed by atoms with Gasteiger partial charge in [-0.05, 0) is 43.4 Å². The molecule has 1 saturated carbocycles. The molecule has 0 radical (unpaired) electrons. The van der Waals surface area contributed by atoms with Crippen molar-refractivity contribution >= 4 is 15.7 Å². The van der Waals surface area contributed by atoms with Crippen LogP contribution in [0.2, 0.25) is 0 Å². The number of halogens is 1. The first kappa shape index (κ1) is 14.3. The summed E-state index contributed by atoms with van der Waals surface area (Å²) in [6, 6.07) is 2.37. The molecule has 1 aromatic carbocycles. The summed E-state index contributed by atoms with van der Waals surface area (Å²) in [5, 5.41) is 0. The molecule has 0 bridgehead atoms. The van der Waals surface area contributed by atoms with Crippen molar-refractivity contribution in [1.82, 2.24) is 4.31 Å². The first-order valence-electron chi connectivity index (χ1n) is 6.34. The molecule has 0 saturated heterocycles. The summed E-state index contributed by atoms with van der Waals surface area (Å²) in [5.41, 5.74) is 5.71. The van der Waals surface area contributed by atoms with Crippen molar-refractivity contribution in [1.29, 1.82) is 0 Å². The van der Waals surface area contributed by atoms with E-state index in [2.05, 4.69) is 0 Å². The van der Waals surface area contributed by atoms with Gasteiger partial charge in [0.05, 0.1) is 10.6 Å². The standard InChI is InChI=1S/C13H19FN2O2S/c1-9-6-11(14)12(15)7-13(9)19(17,18)16(2)8-10-4-3-5-10/h6-7,10H,3-5,8,15H2,1-2H3. The molecule has 2 rings (SSSR count). The summed E-state index contributed by atoms with van der Waals surface area (Å²) in [5.74, 6) is -0.143. The quantitative estimate of drug-likeness (QED) is 0.862. The number of rotatable bonds is 4. The topological polar surface area (TPSA) is 63.4 Å². The molecule has 1 fully saturated rings. The van der Waals surface area contributed by atoms with Gasteiger partial charge in [0.2, 0.25) is 10.0 Å². The number of aryl methyl sites for hydroxylation is 1. The van der Waals surface area contributed by atoms with Gasteiger partial charge in [0.1, 0.15) is 5.82 Å². The molecule has 6 heteroatoms. The Kier molecular flexibility index (Phi) is 3.82. The Morgan fingerprint density at radius 3 is 2.58 bits per heavy atom. The maximum Gasteiger partial charge on any atom is 0.243 e. The predicted molar refractivity (Wildman–Crippen MR) is 72.7 cm³/mol. The number of anilines is 1. The van der Waals surface area contributed by atoms with Crippen molar-refractivity contribution in [3.63, 3.8) is 0 Å². The minimum Gasteiger partial charge on any atom is -0.396 e. The van der Waals surface area contributed by atoms with E-state index in [0.29, 0.717) is 18.0 Å². The maximum absolute atomic E-state index is 13.3. The number of benzene rings is 1. The molecule has 1 aliphatic carbocycles. The molecule has 2 N–H and O–H groups in total. The fourth-order valence-corrected chi connectivity index (χ4v) is 3.74. The van der Waals surface area contributed by atoms with Gasteiger partial charge in [-0.15, -0.1) is 0 Å². The van der Waals surface area contributed by atoms with Gasteiger partial charge in [0, 0.05) is 13.6 Å². The SMILES string of the molecule is Cc1cc(F)c(N)cc1S(=O)(=O)N(C)CC1CCC1. The van der Waals surface area contributed by atoms with Crippen molar-refractivity contribution in [2.75, 3.05) is 19.3 Å². The van der Waals surface area contributed by atoms with Gasteiger partial charge in [-0.2, -0.15) is 0 Å². The molecular formula is C13H19FN2O2S. The van der Waals surface area contributed by atoms with Crippen LogP contribution in [0.25, 0.3) is 0 Å². The summed E-state index contributed by atoms with van der Waals surface area (Å²) >= 11 is 0.